The monoisotopic (exact) mass is 302 g/mol. The van der Waals surface area contributed by atoms with Gasteiger partial charge in [0.15, 0.2) is 0 Å². The maximum absolute atomic E-state index is 5.95. The van der Waals surface area contributed by atoms with Gasteiger partial charge < -0.3 is 5.73 Å². The molecule has 0 amide bonds. The van der Waals surface area contributed by atoms with Gasteiger partial charge in [0.25, 0.3) is 0 Å². The zero-order valence-corrected chi connectivity index (χ0v) is 12.2. The van der Waals surface area contributed by atoms with Crippen LogP contribution < -0.4 is 5.73 Å². The zero-order valence-electron chi connectivity index (χ0n) is 9.82. The van der Waals surface area contributed by atoms with Crippen molar-refractivity contribution < 1.29 is 0 Å². The second-order valence-electron chi connectivity index (χ2n) is 4.81. The Bertz CT molecular complexity index is 353. The molecule has 0 aromatic carbocycles. The molecule has 2 nitrogen and oxygen atoms in total. The predicted molar refractivity (Wildman–Crippen MR) is 73.8 cm³/mol. The second-order valence-corrected chi connectivity index (χ2v) is 6.66. The van der Waals surface area contributed by atoms with Gasteiger partial charge in [-0.25, -0.2) is 0 Å². The maximum Gasteiger partial charge on any atom is 0.0567 e. The number of rotatable bonds is 3. The Morgan fingerprint density at radius 2 is 2.38 bits per heavy atom. The van der Waals surface area contributed by atoms with Crippen LogP contribution in [0.2, 0.25) is 0 Å². The predicted octanol–water partition coefficient (Wildman–Crippen LogP) is 3.24. The number of hydrogen-bond acceptors (Lipinski definition) is 3. The zero-order chi connectivity index (χ0) is 11.7. The quantitative estimate of drug-likeness (QED) is 0.929. The van der Waals surface area contributed by atoms with Crippen LogP contribution in [0.15, 0.2) is 15.9 Å². The molecule has 1 aromatic heterocycles. The first-order valence-electron chi connectivity index (χ1n) is 5.81. The molecule has 16 heavy (non-hydrogen) atoms. The van der Waals surface area contributed by atoms with Crippen molar-refractivity contribution in [3.05, 3.63) is 20.8 Å². The van der Waals surface area contributed by atoms with Crippen molar-refractivity contribution >= 4 is 27.3 Å². The van der Waals surface area contributed by atoms with E-state index in [2.05, 4.69) is 46.1 Å². The Kier molecular flexibility index (Phi) is 4.06. The first kappa shape index (κ1) is 12.6. The van der Waals surface area contributed by atoms with E-state index in [1.165, 1.54) is 22.3 Å². The van der Waals surface area contributed by atoms with E-state index < -0.39 is 0 Å². The molecule has 1 aromatic rings. The highest BCUT2D eigenvalue weighted by atomic mass is 79.9. The van der Waals surface area contributed by atoms with E-state index in [4.69, 9.17) is 5.73 Å². The van der Waals surface area contributed by atoms with Gasteiger partial charge in [-0.1, -0.05) is 6.92 Å². The summed E-state index contributed by atoms with van der Waals surface area (Å²) in [5, 5.41) is 2.14. The van der Waals surface area contributed by atoms with Crippen LogP contribution in [0.4, 0.5) is 0 Å². The lowest BCUT2D eigenvalue weighted by Gasteiger charge is -2.29. The third kappa shape index (κ3) is 2.50. The maximum atomic E-state index is 5.95. The SMILES string of the molecule is CC1CC(C)N(C(CN)c2cc(Br)cs2)C1. The molecule has 1 aliphatic rings. The molecule has 0 spiro atoms. The standard InChI is InChI=1S/C12H19BrN2S/c1-8-3-9(2)15(6-8)11(5-14)12-4-10(13)7-16-12/h4,7-9,11H,3,5-6,14H2,1-2H3. The lowest BCUT2D eigenvalue weighted by Crippen LogP contribution is -2.35. The molecule has 4 heteroatoms. The molecule has 2 N–H and O–H groups in total. The van der Waals surface area contributed by atoms with Gasteiger partial charge >= 0.3 is 0 Å². The molecule has 1 fully saturated rings. The highest BCUT2D eigenvalue weighted by Gasteiger charge is 2.32. The number of nitrogens with two attached hydrogens (primary N) is 1. The fraction of sp³-hybridized carbons (Fsp3) is 0.667. The van der Waals surface area contributed by atoms with Crippen LogP contribution in [0.25, 0.3) is 0 Å². The number of likely N-dealkylation sites (tertiary alicyclic amines) is 1. The largest absolute Gasteiger partial charge is 0.329 e. The summed E-state index contributed by atoms with van der Waals surface area (Å²) >= 11 is 5.32. The third-order valence-corrected chi connectivity index (χ3v) is 5.17. The topological polar surface area (TPSA) is 29.3 Å². The summed E-state index contributed by atoms with van der Waals surface area (Å²) in [5.41, 5.74) is 5.95. The summed E-state index contributed by atoms with van der Waals surface area (Å²) in [7, 11) is 0. The van der Waals surface area contributed by atoms with Gasteiger partial charge in [0.2, 0.25) is 0 Å². The fourth-order valence-corrected chi connectivity index (χ4v) is 4.26. The van der Waals surface area contributed by atoms with E-state index in [1.54, 1.807) is 11.3 Å². The van der Waals surface area contributed by atoms with Crippen molar-refractivity contribution in [3.8, 4) is 0 Å². The van der Waals surface area contributed by atoms with Crippen LogP contribution in [-0.4, -0.2) is 24.0 Å². The molecule has 0 aliphatic carbocycles. The molecule has 90 valence electrons. The van der Waals surface area contributed by atoms with E-state index in [0.717, 1.165) is 5.92 Å². The van der Waals surface area contributed by atoms with Crippen LogP contribution in [-0.2, 0) is 0 Å². The molecular weight excluding hydrogens is 284 g/mol. The van der Waals surface area contributed by atoms with Gasteiger partial charge in [-0.3, -0.25) is 4.90 Å². The van der Waals surface area contributed by atoms with E-state index >= 15 is 0 Å². The molecule has 0 saturated carbocycles. The molecule has 3 unspecified atom stereocenters. The Morgan fingerprint density at radius 1 is 1.62 bits per heavy atom. The van der Waals surface area contributed by atoms with Gasteiger partial charge in [0.1, 0.15) is 0 Å². The normalized spacial score (nSPS) is 28.5. The Morgan fingerprint density at radius 3 is 2.81 bits per heavy atom. The summed E-state index contributed by atoms with van der Waals surface area (Å²) < 4.78 is 1.17. The molecule has 3 atom stereocenters. The highest BCUT2D eigenvalue weighted by Crippen LogP contribution is 2.35. The highest BCUT2D eigenvalue weighted by molar-refractivity contribution is 9.10. The van der Waals surface area contributed by atoms with E-state index in [1.807, 2.05) is 0 Å². The minimum atomic E-state index is 0.399. The summed E-state index contributed by atoms with van der Waals surface area (Å²) in [6.07, 6.45) is 1.29. The van der Waals surface area contributed by atoms with Crippen LogP contribution in [0.3, 0.4) is 0 Å². The minimum Gasteiger partial charge on any atom is -0.329 e. The number of thiophene rings is 1. The lowest BCUT2D eigenvalue weighted by molar-refractivity contribution is 0.195. The van der Waals surface area contributed by atoms with Gasteiger partial charge in [-0.15, -0.1) is 11.3 Å². The fourth-order valence-electron chi connectivity index (χ4n) is 2.68. The van der Waals surface area contributed by atoms with Crippen molar-refractivity contribution in [2.24, 2.45) is 11.7 Å². The number of nitrogens with zero attached hydrogens (tertiary/aromatic N) is 1. The van der Waals surface area contributed by atoms with E-state index in [9.17, 15) is 0 Å². The smallest absolute Gasteiger partial charge is 0.0567 e. The van der Waals surface area contributed by atoms with Crippen LogP contribution >= 0.6 is 27.3 Å². The Hall–Kier alpha value is 0.1000. The van der Waals surface area contributed by atoms with Gasteiger partial charge in [0.05, 0.1) is 6.04 Å². The van der Waals surface area contributed by atoms with Gasteiger partial charge in [0, 0.05) is 33.9 Å². The summed E-state index contributed by atoms with van der Waals surface area (Å²) in [5.74, 6) is 0.799. The lowest BCUT2D eigenvalue weighted by atomic mass is 10.1. The Labute approximate surface area is 110 Å². The molecule has 2 heterocycles. The average molecular weight is 303 g/mol. The van der Waals surface area contributed by atoms with E-state index in [0.29, 0.717) is 18.6 Å². The van der Waals surface area contributed by atoms with E-state index in [-0.39, 0.29) is 0 Å². The molecule has 0 bridgehead atoms. The second kappa shape index (κ2) is 5.17. The number of hydrogen-bond donors (Lipinski definition) is 1. The average Bonchev–Trinajstić information content (AvgIpc) is 2.76. The summed E-state index contributed by atoms with van der Waals surface area (Å²) in [6, 6.07) is 3.26. The van der Waals surface area contributed by atoms with Crippen LogP contribution in [0.5, 0.6) is 0 Å². The summed E-state index contributed by atoms with van der Waals surface area (Å²) in [6.45, 7) is 6.53. The summed E-state index contributed by atoms with van der Waals surface area (Å²) in [4.78, 5) is 3.94. The first-order chi connectivity index (χ1) is 7.61. The molecule has 2 rings (SSSR count). The number of halogens is 1. The Balaban J connectivity index is 2.16. The van der Waals surface area contributed by atoms with Gasteiger partial charge in [-0.2, -0.15) is 0 Å². The van der Waals surface area contributed by atoms with Crippen molar-refractivity contribution in [1.29, 1.82) is 0 Å². The van der Waals surface area contributed by atoms with Crippen LogP contribution in [0, 0.1) is 5.92 Å². The van der Waals surface area contributed by atoms with Crippen molar-refractivity contribution in [2.45, 2.75) is 32.4 Å². The molecular formula is C12H19BrN2S. The van der Waals surface area contributed by atoms with Crippen molar-refractivity contribution in [3.63, 3.8) is 0 Å². The molecule has 1 saturated heterocycles. The minimum absolute atomic E-state index is 0.399. The van der Waals surface area contributed by atoms with Crippen LogP contribution in [0.1, 0.15) is 31.2 Å². The third-order valence-electron chi connectivity index (χ3n) is 3.37. The molecule has 0 radical (unpaired) electrons. The van der Waals surface area contributed by atoms with Gasteiger partial charge in [-0.05, 0) is 41.3 Å². The van der Waals surface area contributed by atoms with Crippen molar-refractivity contribution in [1.82, 2.24) is 4.90 Å². The molecule has 1 aliphatic heterocycles. The van der Waals surface area contributed by atoms with Crippen molar-refractivity contribution in [2.75, 3.05) is 13.1 Å². The first-order valence-corrected chi connectivity index (χ1v) is 7.48.